The van der Waals surface area contributed by atoms with Gasteiger partial charge < -0.3 is 9.73 Å². The molecule has 1 atom stereocenters. The van der Waals surface area contributed by atoms with Gasteiger partial charge in [0.25, 0.3) is 0 Å². The molecule has 1 N–H and O–H groups in total. The lowest BCUT2D eigenvalue weighted by Crippen LogP contribution is -2.41. The van der Waals surface area contributed by atoms with Crippen LogP contribution in [-0.4, -0.2) is 30.4 Å². The van der Waals surface area contributed by atoms with Crippen molar-refractivity contribution in [1.29, 1.82) is 0 Å². The largest absolute Gasteiger partial charge is 0.459 e. The highest BCUT2D eigenvalue weighted by atomic mass is 16.3. The van der Waals surface area contributed by atoms with Gasteiger partial charge in [-0.25, -0.2) is 0 Å². The number of benzene rings is 1. The van der Waals surface area contributed by atoms with Gasteiger partial charge in [-0.2, -0.15) is 0 Å². The Morgan fingerprint density at radius 1 is 1.36 bits per heavy atom. The van der Waals surface area contributed by atoms with Crippen molar-refractivity contribution in [2.45, 2.75) is 32.7 Å². The third-order valence-corrected chi connectivity index (χ3v) is 4.49. The lowest BCUT2D eigenvalue weighted by Gasteiger charge is -2.29. The first-order valence-electron chi connectivity index (χ1n) is 8.12. The van der Waals surface area contributed by atoms with E-state index in [1.54, 1.807) is 0 Å². The molecule has 0 spiro atoms. The van der Waals surface area contributed by atoms with Crippen LogP contribution in [0.4, 0.5) is 0 Å². The zero-order valence-corrected chi connectivity index (χ0v) is 13.3. The number of amides is 1. The summed E-state index contributed by atoms with van der Waals surface area (Å²) < 4.78 is 5.81. The van der Waals surface area contributed by atoms with Gasteiger partial charge in [0.2, 0.25) is 5.91 Å². The summed E-state index contributed by atoms with van der Waals surface area (Å²) in [6.45, 7) is 6.77. The number of para-hydroxylation sites is 1. The number of nitrogens with zero attached hydrogens (tertiary/aromatic N) is 1. The summed E-state index contributed by atoms with van der Waals surface area (Å²) in [6.07, 6.45) is 2.37. The highest BCUT2D eigenvalue weighted by Crippen LogP contribution is 2.23. The van der Waals surface area contributed by atoms with Crippen LogP contribution in [0.25, 0.3) is 11.0 Å². The van der Waals surface area contributed by atoms with Crippen LogP contribution < -0.4 is 5.32 Å². The summed E-state index contributed by atoms with van der Waals surface area (Å²) in [7, 11) is 0. The molecule has 0 radical (unpaired) electrons. The van der Waals surface area contributed by atoms with Crippen molar-refractivity contribution in [2.24, 2.45) is 5.92 Å². The number of carbonyl (C=O) groups excluding carboxylic acids is 1. The molecule has 1 fully saturated rings. The zero-order valence-electron chi connectivity index (χ0n) is 13.3. The first-order chi connectivity index (χ1) is 10.6. The Labute approximate surface area is 131 Å². The molecule has 0 saturated carbocycles. The number of carbonyl (C=O) groups is 1. The van der Waals surface area contributed by atoms with Crippen LogP contribution in [0, 0.1) is 5.92 Å². The van der Waals surface area contributed by atoms with Crippen molar-refractivity contribution in [3.05, 3.63) is 36.1 Å². The first kappa shape index (κ1) is 15.1. The van der Waals surface area contributed by atoms with Crippen LogP contribution in [0.1, 0.15) is 38.5 Å². The number of nitrogens with one attached hydrogen (secondary N) is 1. The van der Waals surface area contributed by atoms with E-state index in [1.165, 1.54) is 12.8 Å². The molecule has 1 amide bonds. The van der Waals surface area contributed by atoms with Crippen molar-refractivity contribution >= 4 is 16.9 Å². The number of fused-ring (bicyclic) bond motifs is 1. The van der Waals surface area contributed by atoms with Crippen LogP contribution in [0.2, 0.25) is 0 Å². The maximum absolute atomic E-state index is 12.2. The van der Waals surface area contributed by atoms with E-state index in [1.807, 2.05) is 37.3 Å². The fourth-order valence-electron chi connectivity index (χ4n) is 3.00. The number of hydrogen-bond donors (Lipinski definition) is 1. The van der Waals surface area contributed by atoms with Crippen LogP contribution in [0.15, 0.2) is 34.7 Å². The highest BCUT2D eigenvalue weighted by molar-refractivity contribution is 5.80. The molecule has 1 saturated heterocycles. The van der Waals surface area contributed by atoms with Gasteiger partial charge in [0.05, 0.1) is 12.6 Å². The minimum atomic E-state index is -0.108. The highest BCUT2D eigenvalue weighted by Gasteiger charge is 2.20. The normalized spacial score (nSPS) is 18.5. The van der Waals surface area contributed by atoms with Crippen LogP contribution in [0.5, 0.6) is 0 Å². The van der Waals surface area contributed by atoms with Gasteiger partial charge in [0, 0.05) is 5.39 Å². The van der Waals surface area contributed by atoms with Crippen molar-refractivity contribution in [3.8, 4) is 0 Å². The summed E-state index contributed by atoms with van der Waals surface area (Å²) in [6, 6.07) is 9.80. The fraction of sp³-hybridized carbons (Fsp3) is 0.500. The average Bonchev–Trinajstić information content (AvgIpc) is 2.93. The van der Waals surface area contributed by atoms with E-state index < -0.39 is 0 Å². The van der Waals surface area contributed by atoms with Crippen molar-refractivity contribution in [3.63, 3.8) is 0 Å². The predicted molar refractivity (Wildman–Crippen MR) is 87.6 cm³/mol. The van der Waals surface area contributed by atoms with Gasteiger partial charge in [0.1, 0.15) is 11.3 Å². The summed E-state index contributed by atoms with van der Waals surface area (Å²) >= 11 is 0. The molecular weight excluding hydrogens is 276 g/mol. The van der Waals surface area contributed by atoms with Crippen molar-refractivity contribution < 1.29 is 9.21 Å². The Kier molecular flexibility index (Phi) is 4.48. The monoisotopic (exact) mass is 300 g/mol. The molecule has 1 aromatic heterocycles. The molecule has 1 aliphatic heterocycles. The minimum Gasteiger partial charge on any atom is -0.459 e. The standard InChI is InChI=1S/C18H24N2O2/c1-13-7-9-20(10-8-13)12-18(21)19-14(2)17-11-15-5-3-4-6-16(15)22-17/h3-6,11,13-14H,7-10,12H2,1-2H3,(H,19,21)/t14-/m1/s1. The van der Waals surface area contributed by atoms with Gasteiger partial charge in [-0.3, -0.25) is 9.69 Å². The fourth-order valence-corrected chi connectivity index (χ4v) is 3.00. The molecule has 0 bridgehead atoms. The number of piperidine rings is 1. The summed E-state index contributed by atoms with van der Waals surface area (Å²) in [5.74, 6) is 1.66. The maximum Gasteiger partial charge on any atom is 0.234 e. The van der Waals surface area contributed by atoms with Crippen molar-refractivity contribution in [2.75, 3.05) is 19.6 Å². The van der Waals surface area contributed by atoms with Crippen molar-refractivity contribution in [1.82, 2.24) is 10.2 Å². The topological polar surface area (TPSA) is 45.5 Å². The molecule has 1 aromatic carbocycles. The molecule has 3 rings (SSSR count). The first-order valence-corrected chi connectivity index (χ1v) is 8.12. The molecule has 0 unspecified atom stereocenters. The van der Waals surface area contributed by atoms with Gasteiger partial charge >= 0.3 is 0 Å². The zero-order chi connectivity index (χ0) is 15.5. The molecular formula is C18H24N2O2. The number of furan rings is 1. The summed E-state index contributed by atoms with van der Waals surface area (Å²) in [5, 5.41) is 4.11. The quantitative estimate of drug-likeness (QED) is 0.942. The Morgan fingerprint density at radius 2 is 2.09 bits per heavy atom. The van der Waals surface area contributed by atoms with Crippen LogP contribution in [-0.2, 0) is 4.79 Å². The van der Waals surface area contributed by atoms with Gasteiger partial charge in [-0.1, -0.05) is 25.1 Å². The van der Waals surface area contributed by atoms with E-state index >= 15 is 0 Å². The third-order valence-electron chi connectivity index (χ3n) is 4.49. The summed E-state index contributed by atoms with van der Waals surface area (Å²) in [5.41, 5.74) is 0.864. The Hall–Kier alpha value is -1.81. The maximum atomic E-state index is 12.2. The number of likely N-dealkylation sites (tertiary alicyclic amines) is 1. The van der Waals surface area contributed by atoms with E-state index in [0.29, 0.717) is 6.54 Å². The van der Waals surface area contributed by atoms with Gasteiger partial charge in [-0.15, -0.1) is 0 Å². The van der Waals surface area contributed by atoms with Crippen LogP contribution >= 0.6 is 0 Å². The van der Waals surface area contributed by atoms with E-state index in [2.05, 4.69) is 17.1 Å². The SMILES string of the molecule is CC1CCN(CC(=O)N[C@H](C)c2cc3ccccc3o2)CC1. The predicted octanol–water partition coefficient (Wildman–Crippen LogP) is 3.34. The second-order valence-electron chi connectivity index (χ2n) is 6.43. The third kappa shape index (κ3) is 3.50. The average molecular weight is 300 g/mol. The molecule has 118 valence electrons. The second kappa shape index (κ2) is 6.53. The molecule has 22 heavy (non-hydrogen) atoms. The number of rotatable bonds is 4. The summed E-state index contributed by atoms with van der Waals surface area (Å²) in [4.78, 5) is 14.4. The van der Waals surface area contributed by atoms with E-state index in [4.69, 9.17) is 4.42 Å². The Balaban J connectivity index is 1.56. The molecule has 2 aromatic rings. The Morgan fingerprint density at radius 3 is 2.82 bits per heavy atom. The van der Waals surface area contributed by atoms with E-state index in [0.717, 1.165) is 35.7 Å². The smallest absolute Gasteiger partial charge is 0.234 e. The van der Waals surface area contributed by atoms with E-state index in [-0.39, 0.29) is 11.9 Å². The van der Waals surface area contributed by atoms with Crippen LogP contribution in [0.3, 0.4) is 0 Å². The van der Waals surface area contributed by atoms with Gasteiger partial charge in [-0.05, 0) is 50.9 Å². The van der Waals surface area contributed by atoms with Gasteiger partial charge in [0.15, 0.2) is 0 Å². The number of hydrogen-bond acceptors (Lipinski definition) is 3. The molecule has 4 heteroatoms. The lowest BCUT2D eigenvalue weighted by molar-refractivity contribution is -0.123. The molecule has 0 aliphatic carbocycles. The second-order valence-corrected chi connectivity index (χ2v) is 6.43. The Bertz CT molecular complexity index is 608. The minimum absolute atomic E-state index is 0.0718. The molecule has 4 nitrogen and oxygen atoms in total. The van der Waals surface area contributed by atoms with E-state index in [9.17, 15) is 4.79 Å². The molecule has 2 heterocycles. The molecule has 1 aliphatic rings. The lowest BCUT2D eigenvalue weighted by atomic mass is 9.99.